The number of methoxy groups -OCH3 is 1. The molecule has 1 saturated heterocycles. The predicted molar refractivity (Wildman–Crippen MR) is 120 cm³/mol. The van der Waals surface area contributed by atoms with Crippen molar-refractivity contribution in [2.45, 2.75) is 24.9 Å². The number of nitrogens with one attached hydrogen (secondary N) is 2. The van der Waals surface area contributed by atoms with Gasteiger partial charge in [-0.15, -0.1) is 24.8 Å². The third kappa shape index (κ3) is 4.38. The summed E-state index contributed by atoms with van der Waals surface area (Å²) >= 11 is 0. The molecular formula is C22H29Cl2N3O2. The molecule has 1 aliphatic carbocycles. The molecule has 0 unspecified atom stereocenters. The summed E-state index contributed by atoms with van der Waals surface area (Å²) in [7, 11) is 1.66. The van der Waals surface area contributed by atoms with Crippen LogP contribution in [-0.2, 0) is 23.3 Å². The summed E-state index contributed by atoms with van der Waals surface area (Å²) in [4.78, 5) is 16.0. The zero-order valence-corrected chi connectivity index (χ0v) is 18.3. The van der Waals surface area contributed by atoms with Gasteiger partial charge in [-0.3, -0.25) is 9.69 Å². The number of carbonyl (C=O) groups excluding carboxylic acids is 1. The Bertz CT molecular complexity index is 827. The third-order valence-corrected chi connectivity index (χ3v) is 5.88. The topological polar surface area (TPSA) is 53.6 Å². The van der Waals surface area contributed by atoms with Crippen LogP contribution in [0, 0.1) is 0 Å². The summed E-state index contributed by atoms with van der Waals surface area (Å²) in [5, 5.41) is 6.61. The average molecular weight is 438 g/mol. The van der Waals surface area contributed by atoms with Gasteiger partial charge in [0.15, 0.2) is 0 Å². The minimum absolute atomic E-state index is 0. The summed E-state index contributed by atoms with van der Waals surface area (Å²) in [6.07, 6.45) is 1.78. The lowest BCUT2D eigenvalue weighted by atomic mass is 9.87. The molecular weight excluding hydrogens is 409 g/mol. The minimum Gasteiger partial charge on any atom is -0.496 e. The van der Waals surface area contributed by atoms with Crippen molar-refractivity contribution in [3.8, 4) is 5.75 Å². The van der Waals surface area contributed by atoms with Crippen LogP contribution in [0.15, 0.2) is 48.5 Å². The van der Waals surface area contributed by atoms with Crippen molar-refractivity contribution in [3.63, 3.8) is 0 Å². The van der Waals surface area contributed by atoms with Crippen LogP contribution in [0.25, 0.3) is 0 Å². The van der Waals surface area contributed by atoms with E-state index < -0.39 is 5.54 Å². The Balaban J connectivity index is 0.00000150. The van der Waals surface area contributed by atoms with E-state index in [0.29, 0.717) is 6.54 Å². The van der Waals surface area contributed by atoms with Crippen LogP contribution in [-0.4, -0.2) is 44.1 Å². The number of piperazine rings is 1. The van der Waals surface area contributed by atoms with Gasteiger partial charge >= 0.3 is 0 Å². The van der Waals surface area contributed by atoms with Gasteiger partial charge in [-0.2, -0.15) is 0 Å². The molecule has 1 aliphatic heterocycles. The monoisotopic (exact) mass is 437 g/mol. The van der Waals surface area contributed by atoms with Crippen LogP contribution >= 0.6 is 24.8 Å². The summed E-state index contributed by atoms with van der Waals surface area (Å²) in [5.74, 6) is 0.904. The average Bonchev–Trinajstić information content (AvgIpc) is 3.13. The van der Waals surface area contributed by atoms with E-state index in [9.17, 15) is 4.79 Å². The smallest absolute Gasteiger partial charge is 0.245 e. The fraction of sp³-hybridized carbons (Fsp3) is 0.409. The van der Waals surface area contributed by atoms with Gasteiger partial charge in [-0.25, -0.2) is 0 Å². The van der Waals surface area contributed by atoms with Crippen molar-refractivity contribution < 1.29 is 9.53 Å². The van der Waals surface area contributed by atoms with Gasteiger partial charge < -0.3 is 15.4 Å². The molecule has 158 valence electrons. The molecule has 0 aromatic heterocycles. The van der Waals surface area contributed by atoms with Crippen LogP contribution in [0.3, 0.4) is 0 Å². The van der Waals surface area contributed by atoms with E-state index in [-0.39, 0.29) is 30.7 Å². The van der Waals surface area contributed by atoms with Gasteiger partial charge in [-0.05, 0) is 30.0 Å². The fourth-order valence-electron chi connectivity index (χ4n) is 4.52. The number of hydrogen-bond acceptors (Lipinski definition) is 4. The number of nitrogens with zero attached hydrogens (tertiary/aromatic N) is 1. The molecule has 1 fully saturated rings. The number of rotatable bonds is 5. The largest absolute Gasteiger partial charge is 0.496 e. The Hall–Kier alpha value is -1.79. The number of para-hydroxylation sites is 1. The highest BCUT2D eigenvalue weighted by Gasteiger charge is 2.49. The van der Waals surface area contributed by atoms with E-state index in [1.165, 1.54) is 11.1 Å². The molecule has 0 saturated carbocycles. The van der Waals surface area contributed by atoms with E-state index in [1.807, 2.05) is 24.3 Å². The van der Waals surface area contributed by atoms with Crippen LogP contribution in [0.1, 0.15) is 23.1 Å². The maximum Gasteiger partial charge on any atom is 0.245 e. The number of halogens is 2. The number of benzene rings is 2. The third-order valence-electron chi connectivity index (χ3n) is 5.88. The highest BCUT2D eigenvalue weighted by Crippen LogP contribution is 2.42. The molecule has 2 aromatic carbocycles. The van der Waals surface area contributed by atoms with Crippen LogP contribution in [0.5, 0.6) is 5.75 Å². The minimum atomic E-state index is -0.569. The maximum atomic E-state index is 13.6. The molecule has 5 nitrogen and oxygen atoms in total. The Kier molecular flexibility index (Phi) is 8.34. The molecule has 1 heterocycles. The Morgan fingerprint density at radius 3 is 2.55 bits per heavy atom. The molecule has 0 spiro atoms. The second kappa shape index (κ2) is 10.3. The molecule has 0 radical (unpaired) electrons. The Morgan fingerprint density at radius 2 is 1.79 bits per heavy atom. The highest BCUT2D eigenvalue weighted by molar-refractivity contribution is 5.89. The molecule has 2 aromatic rings. The number of fused-ring (bicyclic) bond motifs is 1. The van der Waals surface area contributed by atoms with Crippen molar-refractivity contribution in [1.82, 2.24) is 15.5 Å². The number of hydrogen-bond donors (Lipinski definition) is 2. The number of aryl methyl sites for hydroxylation is 1. The molecule has 2 N–H and O–H groups in total. The summed E-state index contributed by atoms with van der Waals surface area (Å²) in [6.45, 7) is 4.08. The van der Waals surface area contributed by atoms with Crippen molar-refractivity contribution in [3.05, 3.63) is 65.2 Å². The van der Waals surface area contributed by atoms with Crippen molar-refractivity contribution in [2.75, 3.05) is 33.3 Å². The number of ether oxygens (including phenoxy) is 1. The zero-order chi connectivity index (χ0) is 18.7. The molecule has 1 amide bonds. The lowest BCUT2D eigenvalue weighted by molar-refractivity contribution is -0.135. The lowest BCUT2D eigenvalue weighted by Crippen LogP contribution is -2.60. The van der Waals surface area contributed by atoms with E-state index in [0.717, 1.165) is 50.3 Å². The molecule has 1 atom stereocenters. The lowest BCUT2D eigenvalue weighted by Gasteiger charge is -2.43. The molecule has 7 heteroatoms. The second-order valence-electron chi connectivity index (χ2n) is 7.25. The molecule has 4 rings (SSSR count). The summed E-state index contributed by atoms with van der Waals surface area (Å²) < 4.78 is 5.43. The Morgan fingerprint density at radius 1 is 1.10 bits per heavy atom. The first-order chi connectivity index (χ1) is 13.3. The predicted octanol–water partition coefficient (Wildman–Crippen LogP) is 2.90. The van der Waals surface area contributed by atoms with Crippen LogP contribution < -0.4 is 15.4 Å². The molecule has 29 heavy (non-hydrogen) atoms. The normalized spacial score (nSPS) is 20.7. The van der Waals surface area contributed by atoms with Crippen molar-refractivity contribution in [2.24, 2.45) is 0 Å². The summed E-state index contributed by atoms with van der Waals surface area (Å²) in [5.41, 5.74) is 2.89. The van der Waals surface area contributed by atoms with Crippen molar-refractivity contribution in [1.29, 1.82) is 0 Å². The highest BCUT2D eigenvalue weighted by atomic mass is 35.5. The quantitative estimate of drug-likeness (QED) is 0.754. The fourth-order valence-corrected chi connectivity index (χ4v) is 4.52. The van der Waals surface area contributed by atoms with Gasteiger partial charge in [0.2, 0.25) is 5.91 Å². The number of amides is 1. The molecule has 0 bridgehead atoms. The maximum absolute atomic E-state index is 13.6. The summed E-state index contributed by atoms with van der Waals surface area (Å²) in [6, 6.07) is 16.3. The number of carbonyl (C=O) groups is 1. The van der Waals surface area contributed by atoms with E-state index >= 15 is 0 Å². The van der Waals surface area contributed by atoms with E-state index in [1.54, 1.807) is 7.11 Å². The van der Waals surface area contributed by atoms with Crippen LogP contribution in [0.4, 0.5) is 0 Å². The first-order valence-corrected chi connectivity index (χ1v) is 9.70. The van der Waals surface area contributed by atoms with Crippen LogP contribution in [0.2, 0.25) is 0 Å². The standard InChI is InChI=1S/C22H27N3O2.2ClH/c1-27-20-9-5-3-7-18(20)16-24-21(26)22(25-14-12-23-13-15-25)11-10-17-6-2-4-8-19(17)22;;/h2-9,23H,10-16H2,1H3,(H,24,26);2*1H/t22-;;/m0../s1. The van der Waals surface area contributed by atoms with Gasteiger partial charge in [0.25, 0.3) is 0 Å². The first-order valence-electron chi connectivity index (χ1n) is 9.70. The molecule has 2 aliphatic rings. The SMILES string of the molecule is COc1ccccc1CNC(=O)[C@]1(N2CCNCC2)CCc2ccccc21.Cl.Cl. The van der Waals surface area contributed by atoms with Gasteiger partial charge in [0.1, 0.15) is 11.3 Å². The van der Waals surface area contributed by atoms with Gasteiger partial charge in [-0.1, -0.05) is 42.5 Å². The van der Waals surface area contributed by atoms with Gasteiger partial charge in [0.05, 0.1) is 7.11 Å². The van der Waals surface area contributed by atoms with Gasteiger partial charge in [0, 0.05) is 38.3 Å². The Labute approximate surface area is 185 Å². The first kappa shape index (κ1) is 23.5. The van der Waals surface area contributed by atoms with Crippen molar-refractivity contribution >= 4 is 30.7 Å². The van der Waals surface area contributed by atoms with E-state index in [2.05, 4.69) is 39.8 Å². The second-order valence-corrected chi connectivity index (χ2v) is 7.25. The van der Waals surface area contributed by atoms with E-state index in [4.69, 9.17) is 4.74 Å². The zero-order valence-electron chi connectivity index (χ0n) is 16.6.